The second-order valence-electron chi connectivity index (χ2n) is 5.92. The molecule has 0 unspecified atom stereocenters. The smallest absolute Gasteiger partial charge is 0.309 e. The molecule has 5 heteroatoms. The van der Waals surface area contributed by atoms with E-state index < -0.39 is 6.10 Å². The molecule has 1 saturated heterocycles. The molecule has 1 fully saturated rings. The number of aryl methyl sites for hydroxylation is 1. The highest BCUT2D eigenvalue weighted by Crippen LogP contribution is 2.20. The normalized spacial score (nSPS) is 16.7. The van der Waals surface area contributed by atoms with Crippen LogP contribution in [0.25, 0.3) is 0 Å². The van der Waals surface area contributed by atoms with E-state index >= 15 is 0 Å². The summed E-state index contributed by atoms with van der Waals surface area (Å²) in [5.41, 5.74) is 1.15. The minimum Gasteiger partial charge on any atom is -0.481 e. The van der Waals surface area contributed by atoms with Gasteiger partial charge >= 0.3 is 5.97 Å². The number of hydrogen-bond donors (Lipinski definition) is 0. The average Bonchev–Trinajstić information content (AvgIpc) is 2.56. The van der Waals surface area contributed by atoms with Gasteiger partial charge in [0.15, 0.2) is 6.10 Å². The molecule has 1 aliphatic rings. The maximum atomic E-state index is 12.5. The number of nitrogens with zero attached hydrogens (tertiary/aromatic N) is 1. The molecule has 1 aliphatic heterocycles. The van der Waals surface area contributed by atoms with E-state index in [1.165, 1.54) is 0 Å². The molecule has 2 rings (SSSR count). The number of esters is 1. The van der Waals surface area contributed by atoms with Gasteiger partial charge in [0.2, 0.25) is 0 Å². The fourth-order valence-corrected chi connectivity index (χ4v) is 2.72. The molecule has 0 saturated carbocycles. The molecule has 0 bridgehead atoms. The van der Waals surface area contributed by atoms with E-state index in [2.05, 4.69) is 0 Å². The predicted octanol–water partition coefficient (Wildman–Crippen LogP) is 2.56. The molecule has 1 heterocycles. The lowest BCUT2D eigenvalue weighted by Gasteiger charge is -2.32. The van der Waals surface area contributed by atoms with E-state index in [0.717, 1.165) is 5.56 Å². The molecular formula is C18H25NO4. The summed E-state index contributed by atoms with van der Waals surface area (Å²) in [7, 11) is 0. The first-order valence-electron chi connectivity index (χ1n) is 8.20. The molecule has 1 aromatic rings. The molecule has 0 N–H and O–H groups in total. The van der Waals surface area contributed by atoms with Gasteiger partial charge in [-0.05, 0) is 45.7 Å². The van der Waals surface area contributed by atoms with Crippen LogP contribution < -0.4 is 4.74 Å². The van der Waals surface area contributed by atoms with Crippen molar-refractivity contribution in [3.63, 3.8) is 0 Å². The van der Waals surface area contributed by atoms with Crippen molar-refractivity contribution in [1.82, 2.24) is 4.90 Å². The van der Waals surface area contributed by atoms with Crippen LogP contribution in [0.4, 0.5) is 0 Å². The predicted molar refractivity (Wildman–Crippen MR) is 87.2 cm³/mol. The second-order valence-corrected chi connectivity index (χ2v) is 5.92. The van der Waals surface area contributed by atoms with Gasteiger partial charge in [-0.2, -0.15) is 0 Å². The molecule has 0 spiro atoms. The number of benzene rings is 1. The Morgan fingerprint density at radius 2 is 1.83 bits per heavy atom. The van der Waals surface area contributed by atoms with Crippen LogP contribution in [0.2, 0.25) is 0 Å². The lowest BCUT2D eigenvalue weighted by atomic mass is 9.97. The number of piperidine rings is 1. The zero-order valence-electron chi connectivity index (χ0n) is 14.1. The van der Waals surface area contributed by atoms with Crippen molar-refractivity contribution >= 4 is 11.9 Å². The summed E-state index contributed by atoms with van der Waals surface area (Å²) in [6, 6.07) is 7.65. The van der Waals surface area contributed by atoms with Gasteiger partial charge in [0.25, 0.3) is 5.91 Å². The number of carbonyl (C=O) groups is 2. The van der Waals surface area contributed by atoms with E-state index in [1.807, 2.05) is 31.2 Å². The maximum Gasteiger partial charge on any atom is 0.309 e. The van der Waals surface area contributed by atoms with Gasteiger partial charge in [-0.3, -0.25) is 9.59 Å². The number of likely N-dealkylation sites (tertiary alicyclic amines) is 1. The van der Waals surface area contributed by atoms with Crippen molar-refractivity contribution in [2.75, 3.05) is 19.7 Å². The lowest BCUT2D eigenvalue weighted by molar-refractivity contribution is -0.152. The van der Waals surface area contributed by atoms with Crippen LogP contribution >= 0.6 is 0 Å². The van der Waals surface area contributed by atoms with Crippen LogP contribution in [0.15, 0.2) is 24.3 Å². The fraction of sp³-hybridized carbons (Fsp3) is 0.556. The van der Waals surface area contributed by atoms with Gasteiger partial charge in [-0.1, -0.05) is 17.7 Å². The zero-order chi connectivity index (χ0) is 16.8. The Balaban J connectivity index is 1.84. The summed E-state index contributed by atoms with van der Waals surface area (Å²) in [4.78, 5) is 26.0. The molecule has 1 aromatic carbocycles. The fourth-order valence-electron chi connectivity index (χ4n) is 2.72. The molecule has 0 aromatic heterocycles. The number of ether oxygens (including phenoxy) is 2. The minimum absolute atomic E-state index is 0.0344. The monoisotopic (exact) mass is 319 g/mol. The largest absolute Gasteiger partial charge is 0.481 e. The van der Waals surface area contributed by atoms with Crippen molar-refractivity contribution in [3.8, 4) is 5.75 Å². The van der Waals surface area contributed by atoms with Crippen molar-refractivity contribution in [2.24, 2.45) is 5.92 Å². The van der Waals surface area contributed by atoms with Gasteiger partial charge in [-0.25, -0.2) is 0 Å². The average molecular weight is 319 g/mol. The standard InChI is InChI=1S/C18H25NO4/c1-4-22-18(21)15-9-11-19(12-10-15)17(20)14(3)23-16-7-5-13(2)6-8-16/h5-8,14-15H,4,9-12H2,1-3H3/t14-/m0/s1. The van der Waals surface area contributed by atoms with Gasteiger partial charge in [0, 0.05) is 13.1 Å². The summed E-state index contributed by atoms with van der Waals surface area (Å²) in [5.74, 6) is 0.418. The first kappa shape index (κ1) is 17.3. The molecule has 126 valence electrons. The molecule has 0 radical (unpaired) electrons. The van der Waals surface area contributed by atoms with Crippen LogP contribution in [0.5, 0.6) is 5.75 Å². The Kier molecular flexibility index (Phi) is 6.02. The summed E-state index contributed by atoms with van der Waals surface area (Å²) >= 11 is 0. The topological polar surface area (TPSA) is 55.8 Å². The number of hydrogen-bond acceptors (Lipinski definition) is 4. The quantitative estimate of drug-likeness (QED) is 0.783. The molecular weight excluding hydrogens is 294 g/mol. The van der Waals surface area contributed by atoms with Crippen LogP contribution in [-0.2, 0) is 14.3 Å². The lowest BCUT2D eigenvalue weighted by Crippen LogP contribution is -2.45. The summed E-state index contributed by atoms with van der Waals surface area (Å²) < 4.78 is 10.8. The van der Waals surface area contributed by atoms with E-state index in [1.54, 1.807) is 18.7 Å². The van der Waals surface area contributed by atoms with Crippen molar-refractivity contribution in [2.45, 2.75) is 39.7 Å². The number of amides is 1. The first-order chi connectivity index (χ1) is 11.0. The van der Waals surface area contributed by atoms with Crippen molar-refractivity contribution in [1.29, 1.82) is 0 Å². The molecule has 1 amide bonds. The van der Waals surface area contributed by atoms with E-state index in [4.69, 9.17) is 9.47 Å². The molecule has 5 nitrogen and oxygen atoms in total. The van der Waals surface area contributed by atoms with E-state index in [-0.39, 0.29) is 17.8 Å². The van der Waals surface area contributed by atoms with Crippen molar-refractivity contribution in [3.05, 3.63) is 29.8 Å². The van der Waals surface area contributed by atoms with E-state index in [0.29, 0.717) is 38.3 Å². The maximum absolute atomic E-state index is 12.5. The third kappa shape index (κ3) is 4.71. The number of carbonyl (C=O) groups excluding carboxylic acids is 2. The summed E-state index contributed by atoms with van der Waals surface area (Å²) in [6.45, 7) is 7.12. The first-order valence-corrected chi connectivity index (χ1v) is 8.20. The summed E-state index contributed by atoms with van der Waals surface area (Å²) in [5, 5.41) is 0. The van der Waals surface area contributed by atoms with Gasteiger partial charge in [-0.15, -0.1) is 0 Å². The second kappa shape index (κ2) is 7.99. The third-order valence-corrected chi connectivity index (χ3v) is 4.11. The van der Waals surface area contributed by atoms with Crippen molar-refractivity contribution < 1.29 is 19.1 Å². The van der Waals surface area contributed by atoms with Crippen LogP contribution in [0.3, 0.4) is 0 Å². The van der Waals surface area contributed by atoms with Crippen LogP contribution in [0.1, 0.15) is 32.3 Å². The Hall–Kier alpha value is -2.04. The van der Waals surface area contributed by atoms with E-state index in [9.17, 15) is 9.59 Å². The van der Waals surface area contributed by atoms with Crippen LogP contribution in [-0.4, -0.2) is 42.6 Å². The molecule has 1 atom stereocenters. The Morgan fingerprint density at radius 1 is 1.22 bits per heavy atom. The third-order valence-electron chi connectivity index (χ3n) is 4.11. The highest BCUT2D eigenvalue weighted by atomic mass is 16.5. The molecule has 23 heavy (non-hydrogen) atoms. The zero-order valence-corrected chi connectivity index (χ0v) is 14.1. The Bertz CT molecular complexity index is 532. The molecule has 0 aliphatic carbocycles. The number of rotatable bonds is 5. The highest BCUT2D eigenvalue weighted by Gasteiger charge is 2.30. The van der Waals surface area contributed by atoms with Gasteiger partial charge < -0.3 is 14.4 Å². The van der Waals surface area contributed by atoms with Gasteiger partial charge in [0.1, 0.15) is 5.75 Å². The summed E-state index contributed by atoms with van der Waals surface area (Å²) in [6.07, 6.45) is 0.778. The minimum atomic E-state index is -0.531. The Morgan fingerprint density at radius 3 is 2.39 bits per heavy atom. The highest BCUT2D eigenvalue weighted by molar-refractivity contribution is 5.81. The van der Waals surface area contributed by atoms with Crippen LogP contribution in [0, 0.1) is 12.8 Å². The SMILES string of the molecule is CCOC(=O)C1CCN(C(=O)[C@H](C)Oc2ccc(C)cc2)CC1. The Labute approximate surface area is 137 Å². The van der Waals surface area contributed by atoms with Gasteiger partial charge in [0.05, 0.1) is 12.5 Å².